The van der Waals surface area contributed by atoms with Gasteiger partial charge in [-0.05, 0) is 25.8 Å². The van der Waals surface area contributed by atoms with E-state index in [1.807, 2.05) is 6.92 Å². The predicted octanol–water partition coefficient (Wildman–Crippen LogP) is 0.704. The van der Waals surface area contributed by atoms with Gasteiger partial charge in [0.05, 0.1) is 6.54 Å². The van der Waals surface area contributed by atoms with Gasteiger partial charge in [0.2, 0.25) is 5.89 Å². The van der Waals surface area contributed by atoms with Gasteiger partial charge in [-0.2, -0.15) is 4.98 Å². The molecule has 0 radical (unpaired) electrons. The van der Waals surface area contributed by atoms with Gasteiger partial charge in [-0.3, -0.25) is 4.90 Å². The molecule has 2 aliphatic rings. The summed E-state index contributed by atoms with van der Waals surface area (Å²) in [7, 11) is 0. The van der Waals surface area contributed by atoms with Crippen molar-refractivity contribution >= 4 is 0 Å². The van der Waals surface area contributed by atoms with Gasteiger partial charge in [0, 0.05) is 25.6 Å². The molecule has 0 bridgehead atoms. The van der Waals surface area contributed by atoms with Crippen LogP contribution in [0, 0.1) is 6.92 Å². The first-order valence-corrected chi connectivity index (χ1v) is 6.09. The van der Waals surface area contributed by atoms with Crippen molar-refractivity contribution in [1.82, 2.24) is 20.4 Å². The fraction of sp³-hybridized carbons (Fsp3) is 0.818. The monoisotopic (exact) mass is 222 g/mol. The highest BCUT2D eigenvalue weighted by Crippen LogP contribution is 2.27. The Balaban J connectivity index is 1.55. The second kappa shape index (κ2) is 4.14. The highest BCUT2D eigenvalue weighted by molar-refractivity contribution is 4.96. The van der Waals surface area contributed by atoms with Crippen LogP contribution < -0.4 is 5.32 Å². The maximum Gasteiger partial charge on any atom is 0.223 e. The Hall–Kier alpha value is -0.940. The van der Waals surface area contributed by atoms with Crippen LogP contribution in [0.1, 0.15) is 31.0 Å². The van der Waals surface area contributed by atoms with Crippen molar-refractivity contribution in [3.63, 3.8) is 0 Å². The van der Waals surface area contributed by atoms with Crippen LogP contribution in [-0.2, 0) is 6.54 Å². The number of nitrogens with one attached hydrogen (secondary N) is 1. The molecule has 0 spiro atoms. The largest absolute Gasteiger partial charge is 0.340 e. The lowest BCUT2D eigenvalue weighted by Gasteiger charge is -2.20. The van der Waals surface area contributed by atoms with Crippen LogP contribution in [-0.4, -0.2) is 40.2 Å². The van der Waals surface area contributed by atoms with Crippen molar-refractivity contribution in [3.05, 3.63) is 11.7 Å². The summed E-state index contributed by atoms with van der Waals surface area (Å²) in [5.41, 5.74) is 0. The normalized spacial score (nSPS) is 29.8. The minimum absolute atomic E-state index is 0.612. The molecule has 16 heavy (non-hydrogen) atoms. The number of rotatable bonds is 3. The zero-order valence-corrected chi connectivity index (χ0v) is 9.65. The molecule has 0 amide bonds. The van der Waals surface area contributed by atoms with Crippen molar-refractivity contribution in [2.75, 3.05) is 13.1 Å². The Morgan fingerprint density at radius 3 is 3.19 bits per heavy atom. The molecule has 0 aromatic carbocycles. The highest BCUT2D eigenvalue weighted by Gasteiger charge is 2.36. The van der Waals surface area contributed by atoms with E-state index < -0.39 is 0 Å². The van der Waals surface area contributed by atoms with Crippen LogP contribution in [0.15, 0.2) is 4.52 Å². The predicted molar refractivity (Wildman–Crippen MR) is 58.9 cm³/mol. The Bertz CT molecular complexity index is 365. The summed E-state index contributed by atoms with van der Waals surface area (Å²) in [6, 6.07) is 1.36. The van der Waals surface area contributed by atoms with Gasteiger partial charge in [-0.1, -0.05) is 5.16 Å². The van der Waals surface area contributed by atoms with E-state index in [2.05, 4.69) is 20.4 Å². The van der Waals surface area contributed by atoms with Gasteiger partial charge < -0.3 is 9.84 Å². The van der Waals surface area contributed by atoms with E-state index in [-0.39, 0.29) is 0 Å². The molecule has 5 nitrogen and oxygen atoms in total. The minimum Gasteiger partial charge on any atom is -0.340 e. The first-order valence-electron chi connectivity index (χ1n) is 6.09. The van der Waals surface area contributed by atoms with Crippen molar-refractivity contribution in [2.24, 2.45) is 0 Å². The molecule has 0 aliphatic carbocycles. The molecular formula is C11H18N4O. The molecule has 0 saturated carbocycles. The molecule has 5 heteroatoms. The number of fused-ring (bicyclic) bond motifs is 1. The molecule has 2 unspecified atom stereocenters. The summed E-state index contributed by atoms with van der Waals surface area (Å²) in [4.78, 5) is 6.80. The van der Waals surface area contributed by atoms with E-state index in [0.717, 1.165) is 18.4 Å². The maximum atomic E-state index is 4.95. The van der Waals surface area contributed by atoms with Crippen molar-refractivity contribution in [1.29, 1.82) is 0 Å². The summed E-state index contributed by atoms with van der Waals surface area (Å²) < 4.78 is 4.95. The van der Waals surface area contributed by atoms with Crippen LogP contribution in [0.25, 0.3) is 0 Å². The molecule has 1 N–H and O–H groups in total. The standard InChI is InChI=1S/C11H18N4O/c1-8-13-11(14-16-8)7-12-9-4-6-15-5-2-3-10(9)15/h9-10,12H,2-7H2,1H3. The van der Waals surface area contributed by atoms with E-state index in [1.54, 1.807) is 0 Å². The molecule has 2 fully saturated rings. The molecule has 2 saturated heterocycles. The third-order valence-electron chi connectivity index (χ3n) is 3.70. The number of aryl methyl sites for hydroxylation is 1. The zero-order valence-electron chi connectivity index (χ0n) is 9.65. The van der Waals surface area contributed by atoms with E-state index in [9.17, 15) is 0 Å². The Morgan fingerprint density at radius 2 is 2.38 bits per heavy atom. The lowest BCUT2D eigenvalue weighted by Crippen LogP contribution is -2.38. The summed E-state index contributed by atoms with van der Waals surface area (Å²) in [6.07, 6.45) is 3.94. The minimum atomic E-state index is 0.612. The number of hydrogen-bond donors (Lipinski definition) is 1. The van der Waals surface area contributed by atoms with Crippen molar-refractivity contribution < 1.29 is 4.52 Å². The van der Waals surface area contributed by atoms with Crippen molar-refractivity contribution in [3.8, 4) is 0 Å². The van der Waals surface area contributed by atoms with E-state index in [0.29, 0.717) is 11.9 Å². The molecule has 1 aromatic heterocycles. The van der Waals surface area contributed by atoms with E-state index >= 15 is 0 Å². The third kappa shape index (κ3) is 1.85. The molecule has 1 aromatic rings. The Kier molecular flexibility index (Phi) is 2.65. The van der Waals surface area contributed by atoms with Crippen LogP contribution >= 0.6 is 0 Å². The summed E-state index contributed by atoms with van der Waals surface area (Å²) in [5, 5.41) is 7.46. The second-order valence-corrected chi connectivity index (χ2v) is 4.75. The molecule has 2 atom stereocenters. The Labute approximate surface area is 95.2 Å². The molecule has 2 aliphatic heterocycles. The highest BCUT2D eigenvalue weighted by atomic mass is 16.5. The molecular weight excluding hydrogens is 204 g/mol. The molecule has 3 rings (SSSR count). The summed E-state index contributed by atoms with van der Waals surface area (Å²) >= 11 is 0. The smallest absolute Gasteiger partial charge is 0.223 e. The first kappa shape index (κ1) is 10.2. The summed E-state index contributed by atoms with van der Waals surface area (Å²) in [6.45, 7) is 5.08. The van der Waals surface area contributed by atoms with Crippen molar-refractivity contribution in [2.45, 2.75) is 44.8 Å². The Morgan fingerprint density at radius 1 is 1.44 bits per heavy atom. The van der Waals surface area contributed by atoms with Gasteiger partial charge in [0.25, 0.3) is 0 Å². The number of nitrogens with zero attached hydrogens (tertiary/aromatic N) is 3. The first-order chi connectivity index (χ1) is 7.83. The number of hydrogen-bond acceptors (Lipinski definition) is 5. The topological polar surface area (TPSA) is 54.2 Å². The number of aromatic nitrogens is 2. The lowest BCUT2D eigenvalue weighted by molar-refractivity contribution is 0.297. The maximum absolute atomic E-state index is 4.95. The molecule has 88 valence electrons. The SMILES string of the molecule is Cc1nc(CNC2CCN3CCCC23)no1. The van der Waals surface area contributed by atoms with Gasteiger partial charge in [0.1, 0.15) is 0 Å². The lowest BCUT2D eigenvalue weighted by atomic mass is 10.1. The zero-order chi connectivity index (χ0) is 11.0. The fourth-order valence-electron chi connectivity index (χ4n) is 2.96. The van der Waals surface area contributed by atoms with Gasteiger partial charge in [-0.25, -0.2) is 0 Å². The van der Waals surface area contributed by atoms with Crippen LogP contribution in [0.2, 0.25) is 0 Å². The van der Waals surface area contributed by atoms with Crippen LogP contribution in [0.3, 0.4) is 0 Å². The average Bonchev–Trinajstić information content (AvgIpc) is 2.91. The second-order valence-electron chi connectivity index (χ2n) is 4.75. The van der Waals surface area contributed by atoms with E-state index in [4.69, 9.17) is 4.52 Å². The summed E-state index contributed by atoms with van der Waals surface area (Å²) in [5.74, 6) is 1.42. The fourth-order valence-corrected chi connectivity index (χ4v) is 2.96. The van der Waals surface area contributed by atoms with E-state index in [1.165, 1.54) is 32.4 Å². The quantitative estimate of drug-likeness (QED) is 0.816. The van der Waals surface area contributed by atoms with Crippen LogP contribution in [0.5, 0.6) is 0 Å². The van der Waals surface area contributed by atoms with Crippen LogP contribution in [0.4, 0.5) is 0 Å². The third-order valence-corrected chi connectivity index (χ3v) is 3.70. The average molecular weight is 222 g/mol. The van der Waals surface area contributed by atoms with Gasteiger partial charge in [-0.15, -0.1) is 0 Å². The molecule has 3 heterocycles. The van der Waals surface area contributed by atoms with Gasteiger partial charge >= 0.3 is 0 Å². The van der Waals surface area contributed by atoms with Gasteiger partial charge in [0.15, 0.2) is 5.82 Å².